The van der Waals surface area contributed by atoms with Crippen molar-refractivity contribution in [1.29, 1.82) is 0 Å². The molecule has 0 amide bonds. The Morgan fingerprint density at radius 2 is 2.11 bits per heavy atom. The zero-order valence-electron chi connectivity index (χ0n) is 10.1. The van der Waals surface area contributed by atoms with E-state index in [4.69, 9.17) is 27.9 Å². The first-order valence-corrected chi connectivity index (χ1v) is 6.20. The van der Waals surface area contributed by atoms with Crippen LogP contribution in [0.1, 0.15) is 16.1 Å². The topological polar surface area (TPSA) is 52.1 Å². The zero-order chi connectivity index (χ0) is 13.8. The summed E-state index contributed by atoms with van der Waals surface area (Å²) in [6.07, 6.45) is 1.66. The van der Waals surface area contributed by atoms with Crippen molar-refractivity contribution in [3.63, 3.8) is 0 Å². The molecule has 0 saturated heterocycles. The maximum Gasteiger partial charge on any atom is 0.222 e. The molecule has 2 rings (SSSR count). The number of benzene rings is 1. The van der Waals surface area contributed by atoms with Gasteiger partial charge in [-0.25, -0.2) is 9.97 Å². The minimum atomic E-state index is -0.0928. The van der Waals surface area contributed by atoms with Crippen LogP contribution in [0.15, 0.2) is 30.5 Å². The van der Waals surface area contributed by atoms with Crippen LogP contribution in [-0.4, -0.2) is 22.9 Å². The van der Waals surface area contributed by atoms with Crippen molar-refractivity contribution in [2.24, 2.45) is 0 Å². The number of hydrogen-bond donors (Lipinski definition) is 0. The number of Topliss-reactive ketones (excluding diaryl/α,β-unsaturated/α-hetero) is 1. The van der Waals surface area contributed by atoms with E-state index in [0.29, 0.717) is 22.0 Å². The Hall–Kier alpha value is -1.65. The van der Waals surface area contributed by atoms with Gasteiger partial charge in [0, 0.05) is 11.8 Å². The first kappa shape index (κ1) is 13.8. The average Bonchev–Trinajstić information content (AvgIpc) is 2.39. The molecule has 0 radical (unpaired) electrons. The molecule has 6 heteroatoms. The van der Waals surface area contributed by atoms with E-state index in [1.165, 1.54) is 13.3 Å². The molecule has 0 aliphatic rings. The summed E-state index contributed by atoms with van der Waals surface area (Å²) >= 11 is 11.6. The molecule has 0 unspecified atom stereocenters. The summed E-state index contributed by atoms with van der Waals surface area (Å²) in [5, 5.41) is 0.586. The number of ketones is 1. The molecule has 0 N–H and O–H groups in total. The van der Waals surface area contributed by atoms with Gasteiger partial charge in [0.15, 0.2) is 5.78 Å². The molecular weight excluding hydrogens is 287 g/mol. The highest BCUT2D eigenvalue weighted by molar-refractivity contribution is 6.32. The summed E-state index contributed by atoms with van der Waals surface area (Å²) in [6.45, 7) is 0. The molecule has 0 bridgehead atoms. The molecule has 1 aromatic carbocycles. The SMILES string of the molecule is COc1cc(C(=O)Cc2ccnc(Cl)n2)ccc1Cl. The first-order valence-electron chi connectivity index (χ1n) is 5.44. The number of ether oxygens (including phenoxy) is 1. The lowest BCUT2D eigenvalue weighted by Gasteiger charge is -2.06. The molecule has 0 aliphatic carbocycles. The molecule has 0 aliphatic heterocycles. The van der Waals surface area contributed by atoms with Crippen LogP contribution in [0.25, 0.3) is 0 Å². The minimum absolute atomic E-state index is 0.0928. The summed E-state index contributed by atoms with van der Waals surface area (Å²) in [5.74, 6) is 0.373. The van der Waals surface area contributed by atoms with Crippen LogP contribution >= 0.6 is 23.2 Å². The Kier molecular flexibility index (Phi) is 4.35. The van der Waals surface area contributed by atoms with Crippen LogP contribution < -0.4 is 4.74 Å². The number of methoxy groups -OCH3 is 1. The number of halogens is 2. The van der Waals surface area contributed by atoms with Crippen molar-refractivity contribution in [3.8, 4) is 5.75 Å². The molecule has 98 valence electrons. The number of hydrogen-bond acceptors (Lipinski definition) is 4. The van der Waals surface area contributed by atoms with E-state index in [-0.39, 0.29) is 17.5 Å². The number of aromatic nitrogens is 2. The van der Waals surface area contributed by atoms with Gasteiger partial charge in [-0.05, 0) is 35.9 Å². The van der Waals surface area contributed by atoms with Gasteiger partial charge in [-0.2, -0.15) is 0 Å². The Labute approximate surface area is 120 Å². The molecule has 19 heavy (non-hydrogen) atoms. The number of carbonyl (C=O) groups is 1. The van der Waals surface area contributed by atoms with Gasteiger partial charge in [0.1, 0.15) is 5.75 Å². The zero-order valence-corrected chi connectivity index (χ0v) is 11.6. The van der Waals surface area contributed by atoms with Gasteiger partial charge in [0.2, 0.25) is 5.28 Å². The largest absolute Gasteiger partial charge is 0.495 e. The Morgan fingerprint density at radius 3 is 2.79 bits per heavy atom. The Morgan fingerprint density at radius 1 is 1.32 bits per heavy atom. The van der Waals surface area contributed by atoms with Crippen molar-refractivity contribution in [1.82, 2.24) is 9.97 Å². The minimum Gasteiger partial charge on any atom is -0.495 e. The highest BCUT2D eigenvalue weighted by atomic mass is 35.5. The van der Waals surface area contributed by atoms with Crippen LogP contribution in [0, 0.1) is 0 Å². The van der Waals surface area contributed by atoms with Crippen molar-refractivity contribution >= 4 is 29.0 Å². The van der Waals surface area contributed by atoms with Gasteiger partial charge in [0.25, 0.3) is 0 Å². The molecule has 4 nitrogen and oxygen atoms in total. The van der Waals surface area contributed by atoms with Crippen molar-refractivity contribution in [2.75, 3.05) is 7.11 Å². The Balaban J connectivity index is 2.20. The van der Waals surface area contributed by atoms with E-state index < -0.39 is 0 Å². The molecule has 0 fully saturated rings. The standard InChI is InChI=1S/C13H10Cl2N2O2/c1-19-12-6-8(2-3-10(12)14)11(18)7-9-4-5-16-13(15)17-9/h2-6H,7H2,1H3. The van der Waals surface area contributed by atoms with Crippen LogP contribution in [0.5, 0.6) is 5.75 Å². The maximum absolute atomic E-state index is 12.1. The highest BCUT2D eigenvalue weighted by Crippen LogP contribution is 2.25. The molecule has 2 aromatic rings. The average molecular weight is 297 g/mol. The third kappa shape index (κ3) is 3.43. The lowest BCUT2D eigenvalue weighted by Crippen LogP contribution is -2.06. The van der Waals surface area contributed by atoms with E-state index in [9.17, 15) is 4.79 Å². The number of nitrogens with zero attached hydrogens (tertiary/aromatic N) is 2. The summed E-state index contributed by atoms with van der Waals surface area (Å²) < 4.78 is 5.07. The predicted molar refractivity (Wildman–Crippen MR) is 73.1 cm³/mol. The lowest BCUT2D eigenvalue weighted by atomic mass is 10.1. The second-order valence-corrected chi connectivity index (χ2v) is 4.51. The third-order valence-corrected chi connectivity index (χ3v) is 2.99. The van der Waals surface area contributed by atoms with Crippen LogP contribution in [0.3, 0.4) is 0 Å². The lowest BCUT2D eigenvalue weighted by molar-refractivity contribution is 0.0991. The van der Waals surface area contributed by atoms with Crippen LogP contribution in [-0.2, 0) is 6.42 Å². The molecular formula is C13H10Cl2N2O2. The summed E-state index contributed by atoms with van der Waals surface area (Å²) in [4.78, 5) is 19.8. The highest BCUT2D eigenvalue weighted by Gasteiger charge is 2.11. The predicted octanol–water partition coefficient (Wildman–Crippen LogP) is 3.22. The second kappa shape index (κ2) is 5.99. The van der Waals surface area contributed by atoms with E-state index >= 15 is 0 Å². The molecule has 0 saturated carbocycles. The van der Waals surface area contributed by atoms with Gasteiger partial charge >= 0.3 is 0 Å². The smallest absolute Gasteiger partial charge is 0.222 e. The third-order valence-electron chi connectivity index (χ3n) is 2.50. The van der Waals surface area contributed by atoms with E-state index in [1.54, 1.807) is 24.3 Å². The van der Waals surface area contributed by atoms with Gasteiger partial charge in [0.05, 0.1) is 24.2 Å². The van der Waals surface area contributed by atoms with Crippen molar-refractivity contribution < 1.29 is 9.53 Å². The van der Waals surface area contributed by atoms with Crippen LogP contribution in [0.4, 0.5) is 0 Å². The van der Waals surface area contributed by atoms with E-state index in [0.717, 1.165) is 0 Å². The Bertz CT molecular complexity index is 617. The van der Waals surface area contributed by atoms with Gasteiger partial charge in [-0.15, -0.1) is 0 Å². The first-order chi connectivity index (χ1) is 9.10. The molecule has 0 atom stereocenters. The molecule has 1 heterocycles. The van der Waals surface area contributed by atoms with Gasteiger partial charge in [-0.3, -0.25) is 4.79 Å². The fourth-order valence-corrected chi connectivity index (χ4v) is 1.93. The summed E-state index contributed by atoms with van der Waals surface area (Å²) in [6, 6.07) is 6.53. The normalized spacial score (nSPS) is 10.3. The van der Waals surface area contributed by atoms with Crippen molar-refractivity contribution in [3.05, 3.63) is 52.0 Å². The number of rotatable bonds is 4. The monoisotopic (exact) mass is 296 g/mol. The molecule has 1 aromatic heterocycles. The summed E-state index contributed by atoms with van der Waals surface area (Å²) in [5.41, 5.74) is 1.08. The number of carbonyl (C=O) groups excluding carboxylic acids is 1. The maximum atomic E-state index is 12.1. The van der Waals surface area contributed by atoms with Gasteiger partial charge in [-0.1, -0.05) is 11.6 Å². The summed E-state index contributed by atoms with van der Waals surface area (Å²) in [7, 11) is 1.50. The van der Waals surface area contributed by atoms with E-state index in [2.05, 4.69) is 9.97 Å². The molecule has 0 spiro atoms. The second-order valence-electron chi connectivity index (χ2n) is 3.77. The quantitative estimate of drug-likeness (QED) is 0.642. The van der Waals surface area contributed by atoms with Crippen molar-refractivity contribution in [2.45, 2.75) is 6.42 Å². The van der Waals surface area contributed by atoms with Crippen LogP contribution in [0.2, 0.25) is 10.3 Å². The van der Waals surface area contributed by atoms with Gasteiger partial charge < -0.3 is 4.74 Å². The fraction of sp³-hybridized carbons (Fsp3) is 0.154. The fourth-order valence-electron chi connectivity index (χ4n) is 1.57. The van der Waals surface area contributed by atoms with E-state index in [1.807, 2.05) is 0 Å².